The predicted molar refractivity (Wildman–Crippen MR) is 109 cm³/mol. The molecule has 2 fully saturated rings. The summed E-state index contributed by atoms with van der Waals surface area (Å²) in [7, 11) is 1.77. The topological polar surface area (TPSA) is 48.9 Å². The van der Waals surface area contributed by atoms with Gasteiger partial charge in [-0.05, 0) is 36.5 Å². The fraction of sp³-hybridized carbons (Fsp3) is 0.667. The molecule has 0 aromatic heterocycles. The van der Waals surface area contributed by atoms with Crippen LogP contribution in [0.3, 0.4) is 0 Å². The number of guanidine groups is 1. The fourth-order valence-electron chi connectivity index (χ4n) is 4.02. The molecule has 1 aromatic carbocycles. The third-order valence-corrected chi connectivity index (χ3v) is 5.60. The van der Waals surface area contributed by atoms with Crippen molar-refractivity contribution in [1.82, 2.24) is 10.6 Å². The van der Waals surface area contributed by atoms with Gasteiger partial charge in [-0.3, -0.25) is 4.99 Å². The lowest BCUT2D eigenvalue weighted by Crippen LogP contribution is -2.37. The van der Waals surface area contributed by atoms with Gasteiger partial charge in [0, 0.05) is 33.2 Å². The molecule has 0 amide bonds. The van der Waals surface area contributed by atoms with Crippen molar-refractivity contribution in [3.63, 3.8) is 0 Å². The van der Waals surface area contributed by atoms with E-state index in [0.29, 0.717) is 25.4 Å². The van der Waals surface area contributed by atoms with Crippen LogP contribution in [0.4, 0.5) is 10.1 Å². The Morgan fingerprint density at radius 3 is 2.70 bits per heavy atom. The third kappa shape index (κ3) is 6.09. The summed E-state index contributed by atoms with van der Waals surface area (Å²) in [5, 5.41) is 6.64. The largest absolute Gasteiger partial charge is 0.378 e. The molecule has 1 saturated carbocycles. The van der Waals surface area contributed by atoms with Gasteiger partial charge in [0.25, 0.3) is 0 Å². The number of halogens is 1. The van der Waals surface area contributed by atoms with Crippen LogP contribution in [0, 0.1) is 11.7 Å². The SMILES string of the molecule is CN=C(NCCCC1CCCC1)NCc1ccc(N2CCOCC2)c(F)c1. The zero-order chi connectivity index (χ0) is 18.9. The van der Waals surface area contributed by atoms with Crippen molar-refractivity contribution in [3.8, 4) is 0 Å². The van der Waals surface area contributed by atoms with E-state index in [1.165, 1.54) is 38.5 Å². The van der Waals surface area contributed by atoms with Gasteiger partial charge in [0.15, 0.2) is 5.96 Å². The Morgan fingerprint density at radius 1 is 1.22 bits per heavy atom. The van der Waals surface area contributed by atoms with Crippen molar-refractivity contribution in [2.45, 2.75) is 45.1 Å². The molecule has 150 valence electrons. The minimum absolute atomic E-state index is 0.171. The van der Waals surface area contributed by atoms with Gasteiger partial charge < -0.3 is 20.3 Å². The van der Waals surface area contributed by atoms with E-state index in [0.717, 1.165) is 37.1 Å². The van der Waals surface area contributed by atoms with Crippen LogP contribution in [-0.4, -0.2) is 45.9 Å². The highest BCUT2D eigenvalue weighted by molar-refractivity contribution is 5.79. The summed E-state index contributed by atoms with van der Waals surface area (Å²) >= 11 is 0. The molecule has 1 aliphatic heterocycles. The molecule has 0 unspecified atom stereocenters. The monoisotopic (exact) mass is 376 g/mol. The maximum Gasteiger partial charge on any atom is 0.191 e. The molecule has 1 aromatic rings. The molecule has 27 heavy (non-hydrogen) atoms. The van der Waals surface area contributed by atoms with E-state index in [9.17, 15) is 4.39 Å². The summed E-state index contributed by atoms with van der Waals surface area (Å²) in [6.07, 6.45) is 8.09. The van der Waals surface area contributed by atoms with Crippen LogP contribution in [-0.2, 0) is 11.3 Å². The van der Waals surface area contributed by atoms with Gasteiger partial charge in [0.2, 0.25) is 0 Å². The zero-order valence-corrected chi connectivity index (χ0v) is 16.5. The number of benzene rings is 1. The molecule has 3 rings (SSSR count). The van der Waals surface area contributed by atoms with Gasteiger partial charge in [0.1, 0.15) is 5.82 Å². The van der Waals surface area contributed by atoms with E-state index in [1.807, 2.05) is 17.0 Å². The van der Waals surface area contributed by atoms with Gasteiger partial charge in [-0.15, -0.1) is 0 Å². The molecule has 6 heteroatoms. The maximum absolute atomic E-state index is 14.5. The van der Waals surface area contributed by atoms with Crippen LogP contribution in [0.2, 0.25) is 0 Å². The van der Waals surface area contributed by atoms with Crippen LogP contribution < -0.4 is 15.5 Å². The van der Waals surface area contributed by atoms with Crippen LogP contribution >= 0.6 is 0 Å². The Balaban J connectivity index is 1.41. The second-order valence-electron chi connectivity index (χ2n) is 7.53. The van der Waals surface area contributed by atoms with Crippen LogP contribution in [0.5, 0.6) is 0 Å². The molecule has 5 nitrogen and oxygen atoms in total. The molecule has 0 spiro atoms. The van der Waals surface area contributed by atoms with Gasteiger partial charge in [0.05, 0.1) is 18.9 Å². The molecule has 1 aliphatic carbocycles. The Morgan fingerprint density at radius 2 is 2.00 bits per heavy atom. The molecular weight excluding hydrogens is 343 g/mol. The van der Waals surface area contributed by atoms with E-state index in [4.69, 9.17) is 4.74 Å². The zero-order valence-electron chi connectivity index (χ0n) is 16.5. The summed E-state index contributed by atoms with van der Waals surface area (Å²) < 4.78 is 19.8. The van der Waals surface area contributed by atoms with E-state index >= 15 is 0 Å². The maximum atomic E-state index is 14.5. The van der Waals surface area contributed by atoms with E-state index in [1.54, 1.807) is 13.1 Å². The van der Waals surface area contributed by atoms with Crippen molar-refractivity contribution >= 4 is 11.6 Å². The van der Waals surface area contributed by atoms with E-state index < -0.39 is 0 Å². The first-order chi connectivity index (χ1) is 13.3. The third-order valence-electron chi connectivity index (χ3n) is 5.60. The van der Waals surface area contributed by atoms with Crippen LogP contribution in [0.1, 0.15) is 44.1 Å². The number of hydrogen-bond donors (Lipinski definition) is 2. The molecule has 1 heterocycles. The minimum atomic E-state index is -0.171. The van der Waals surface area contributed by atoms with Gasteiger partial charge in [-0.2, -0.15) is 0 Å². The minimum Gasteiger partial charge on any atom is -0.378 e. The lowest BCUT2D eigenvalue weighted by molar-refractivity contribution is 0.122. The highest BCUT2D eigenvalue weighted by Gasteiger charge is 2.16. The van der Waals surface area contributed by atoms with Gasteiger partial charge in [-0.25, -0.2) is 4.39 Å². The number of morpholine rings is 1. The number of nitrogens with zero attached hydrogens (tertiary/aromatic N) is 2. The highest BCUT2D eigenvalue weighted by atomic mass is 19.1. The summed E-state index contributed by atoms with van der Waals surface area (Å²) in [4.78, 5) is 6.31. The van der Waals surface area contributed by atoms with Crippen molar-refractivity contribution < 1.29 is 9.13 Å². The second-order valence-corrected chi connectivity index (χ2v) is 7.53. The fourth-order valence-corrected chi connectivity index (χ4v) is 4.02. The average Bonchev–Trinajstić information content (AvgIpc) is 3.22. The van der Waals surface area contributed by atoms with Gasteiger partial charge in [-0.1, -0.05) is 31.7 Å². The Hall–Kier alpha value is -1.82. The summed E-state index contributed by atoms with van der Waals surface area (Å²) in [6.45, 7) is 4.29. The van der Waals surface area contributed by atoms with Crippen molar-refractivity contribution in [2.75, 3.05) is 44.8 Å². The van der Waals surface area contributed by atoms with Crippen molar-refractivity contribution in [1.29, 1.82) is 0 Å². The number of anilines is 1. The number of nitrogens with one attached hydrogen (secondary N) is 2. The number of aliphatic imine (C=N–C) groups is 1. The summed E-state index contributed by atoms with van der Waals surface area (Å²) in [5.41, 5.74) is 1.58. The lowest BCUT2D eigenvalue weighted by atomic mass is 10.0. The average molecular weight is 377 g/mol. The van der Waals surface area contributed by atoms with Crippen LogP contribution in [0.15, 0.2) is 23.2 Å². The Labute approximate surface area is 162 Å². The number of ether oxygens (including phenoxy) is 1. The van der Waals surface area contributed by atoms with Crippen molar-refractivity contribution in [2.24, 2.45) is 10.9 Å². The Kier molecular flexibility index (Phi) is 7.75. The number of hydrogen-bond acceptors (Lipinski definition) is 3. The molecule has 0 radical (unpaired) electrons. The first kappa shape index (κ1) is 19.9. The first-order valence-corrected chi connectivity index (χ1v) is 10.3. The predicted octanol–water partition coefficient (Wildman–Crippen LogP) is 3.30. The summed E-state index contributed by atoms with van der Waals surface area (Å²) in [6, 6.07) is 5.47. The van der Waals surface area contributed by atoms with Crippen molar-refractivity contribution in [3.05, 3.63) is 29.6 Å². The van der Waals surface area contributed by atoms with E-state index in [-0.39, 0.29) is 5.82 Å². The molecule has 2 aliphatic rings. The molecular formula is C21H33FN4O. The molecule has 0 bridgehead atoms. The van der Waals surface area contributed by atoms with Crippen LogP contribution in [0.25, 0.3) is 0 Å². The highest BCUT2D eigenvalue weighted by Crippen LogP contribution is 2.28. The molecule has 1 saturated heterocycles. The van der Waals surface area contributed by atoms with E-state index in [2.05, 4.69) is 15.6 Å². The quantitative estimate of drug-likeness (QED) is 0.436. The lowest BCUT2D eigenvalue weighted by Gasteiger charge is -2.29. The Bertz CT molecular complexity index is 610. The standard InChI is InChI=1S/C21H33FN4O/c1-23-21(24-10-4-7-17-5-2-3-6-17)25-16-18-8-9-20(19(22)15-18)26-11-13-27-14-12-26/h8-9,15,17H,2-7,10-14,16H2,1H3,(H2,23,24,25). The normalized spacial score (nSPS) is 18.7. The van der Waals surface area contributed by atoms with Gasteiger partial charge >= 0.3 is 0 Å². The summed E-state index contributed by atoms with van der Waals surface area (Å²) in [5.74, 6) is 1.53. The second kappa shape index (κ2) is 10.5. The molecule has 2 N–H and O–H groups in total. The molecule has 0 atom stereocenters. The number of rotatable bonds is 7. The first-order valence-electron chi connectivity index (χ1n) is 10.3. The smallest absolute Gasteiger partial charge is 0.191 e.